The Bertz CT molecular complexity index is 906. The topological polar surface area (TPSA) is 67.2 Å². The first-order chi connectivity index (χ1) is 12.8. The zero-order valence-corrected chi connectivity index (χ0v) is 15.9. The van der Waals surface area contributed by atoms with Gasteiger partial charge in [-0.15, -0.1) is 12.4 Å². The molecule has 3 rings (SSSR count). The van der Waals surface area contributed by atoms with Crippen molar-refractivity contribution in [3.05, 3.63) is 57.5 Å². The van der Waals surface area contributed by atoms with E-state index in [1.165, 1.54) is 30.0 Å². The van der Waals surface area contributed by atoms with E-state index in [2.05, 4.69) is 10.4 Å². The van der Waals surface area contributed by atoms with E-state index in [1.54, 1.807) is 0 Å². The van der Waals surface area contributed by atoms with E-state index in [1.807, 2.05) is 0 Å². The first kappa shape index (κ1) is 21.9. The van der Waals surface area contributed by atoms with E-state index in [4.69, 9.17) is 0 Å². The molecule has 28 heavy (non-hydrogen) atoms. The Labute approximate surface area is 165 Å². The molecular weight excluding hydrogens is 397 g/mol. The van der Waals surface area contributed by atoms with E-state index >= 15 is 0 Å². The van der Waals surface area contributed by atoms with E-state index in [0.29, 0.717) is 19.6 Å². The number of benzene rings is 1. The second-order valence-corrected chi connectivity index (χ2v) is 6.32. The highest BCUT2D eigenvalue weighted by Crippen LogP contribution is 2.33. The maximum atomic E-state index is 13.4. The molecule has 6 nitrogen and oxygen atoms in total. The van der Waals surface area contributed by atoms with Crippen molar-refractivity contribution in [1.82, 2.24) is 20.0 Å². The smallest absolute Gasteiger partial charge is 0.336 e. The molecule has 1 aliphatic heterocycles. The van der Waals surface area contributed by atoms with Crippen LogP contribution in [0.15, 0.2) is 35.1 Å². The van der Waals surface area contributed by atoms with Crippen LogP contribution in [0.5, 0.6) is 0 Å². The van der Waals surface area contributed by atoms with Crippen LogP contribution in [-0.4, -0.2) is 46.8 Å². The highest BCUT2D eigenvalue weighted by molar-refractivity contribution is 5.92. The van der Waals surface area contributed by atoms with Gasteiger partial charge in [-0.3, -0.25) is 9.59 Å². The number of carbonyl (C=O) groups is 1. The number of nitrogens with one attached hydrogen (secondary N) is 1. The van der Waals surface area contributed by atoms with Gasteiger partial charge >= 0.3 is 6.18 Å². The van der Waals surface area contributed by atoms with Gasteiger partial charge in [-0.1, -0.05) is 12.1 Å². The maximum absolute atomic E-state index is 13.4. The predicted octanol–water partition coefficient (Wildman–Crippen LogP) is 2.42. The first-order valence-electron chi connectivity index (χ1n) is 8.56. The SMILES string of the molecule is Cc1cc(=O)c(C(=O)N2CCCNCC2)nn1-c1ccccc1C(F)(F)F.Cl. The minimum Gasteiger partial charge on any atom is -0.336 e. The largest absolute Gasteiger partial charge is 0.418 e. The molecule has 0 unspecified atom stereocenters. The molecule has 1 aromatic carbocycles. The summed E-state index contributed by atoms with van der Waals surface area (Å²) in [6.07, 6.45) is -3.86. The minimum absolute atomic E-state index is 0. The molecule has 1 saturated heterocycles. The highest BCUT2D eigenvalue weighted by atomic mass is 35.5. The number of alkyl halides is 3. The normalized spacial score (nSPS) is 14.9. The summed E-state index contributed by atoms with van der Waals surface area (Å²) in [5.74, 6) is -0.568. The average Bonchev–Trinajstić information content (AvgIpc) is 2.90. The second kappa shape index (κ2) is 8.74. The molecule has 1 aromatic heterocycles. The standard InChI is InChI=1S/C18H19F3N4O2.ClH/c1-12-11-15(26)16(17(27)24-9-4-7-22-8-10-24)23-25(12)14-6-3-2-5-13(14)18(19,20)21;/h2-3,5-6,11,22H,4,7-10H2,1H3;1H. The number of nitrogens with zero attached hydrogens (tertiary/aromatic N) is 3. The van der Waals surface area contributed by atoms with E-state index < -0.39 is 23.1 Å². The Kier molecular flexibility index (Phi) is 6.84. The summed E-state index contributed by atoms with van der Waals surface area (Å²) >= 11 is 0. The molecule has 1 fully saturated rings. The van der Waals surface area contributed by atoms with Crippen LogP contribution in [0.3, 0.4) is 0 Å². The zero-order valence-electron chi connectivity index (χ0n) is 15.1. The predicted molar refractivity (Wildman–Crippen MR) is 100 cm³/mol. The fraction of sp³-hybridized carbons (Fsp3) is 0.389. The molecule has 10 heteroatoms. The van der Waals surface area contributed by atoms with Crippen LogP contribution in [0.2, 0.25) is 0 Å². The summed E-state index contributed by atoms with van der Waals surface area (Å²) in [6, 6.07) is 6.07. The number of halogens is 4. The van der Waals surface area contributed by atoms with Crippen molar-refractivity contribution >= 4 is 18.3 Å². The van der Waals surface area contributed by atoms with Gasteiger partial charge in [0.1, 0.15) is 0 Å². The van der Waals surface area contributed by atoms with Crippen molar-refractivity contribution in [2.24, 2.45) is 0 Å². The number of rotatable bonds is 2. The van der Waals surface area contributed by atoms with Gasteiger partial charge in [-0.05, 0) is 32.0 Å². The van der Waals surface area contributed by atoms with Gasteiger partial charge in [0.2, 0.25) is 5.43 Å². The molecule has 0 aliphatic carbocycles. The molecule has 1 N–H and O–H groups in total. The molecule has 0 radical (unpaired) electrons. The van der Waals surface area contributed by atoms with Gasteiger partial charge in [0, 0.05) is 31.4 Å². The number of hydrogen-bond donors (Lipinski definition) is 1. The van der Waals surface area contributed by atoms with Gasteiger partial charge in [0.05, 0.1) is 11.3 Å². The summed E-state index contributed by atoms with van der Waals surface area (Å²) in [7, 11) is 0. The number of amides is 1. The number of carbonyl (C=O) groups excluding carboxylic acids is 1. The van der Waals surface area contributed by atoms with Gasteiger partial charge in [-0.25, -0.2) is 4.68 Å². The third-order valence-corrected chi connectivity index (χ3v) is 4.37. The summed E-state index contributed by atoms with van der Waals surface area (Å²) in [5.41, 5.74) is -1.88. The minimum atomic E-state index is -4.59. The van der Waals surface area contributed by atoms with Crippen LogP contribution in [-0.2, 0) is 6.18 Å². The fourth-order valence-corrected chi connectivity index (χ4v) is 3.04. The Morgan fingerprint density at radius 1 is 1.18 bits per heavy atom. The number of hydrogen-bond acceptors (Lipinski definition) is 4. The lowest BCUT2D eigenvalue weighted by Crippen LogP contribution is -2.38. The Morgan fingerprint density at radius 3 is 2.61 bits per heavy atom. The molecular formula is C18H20ClF3N4O2. The van der Waals surface area contributed by atoms with Crippen LogP contribution < -0.4 is 10.7 Å². The van der Waals surface area contributed by atoms with Crippen molar-refractivity contribution in [3.63, 3.8) is 0 Å². The maximum Gasteiger partial charge on any atom is 0.418 e. The second-order valence-electron chi connectivity index (χ2n) is 6.32. The molecule has 1 amide bonds. The van der Waals surface area contributed by atoms with Gasteiger partial charge in [0.15, 0.2) is 5.69 Å². The van der Waals surface area contributed by atoms with Crippen molar-refractivity contribution < 1.29 is 18.0 Å². The quantitative estimate of drug-likeness (QED) is 0.816. The summed E-state index contributed by atoms with van der Waals surface area (Å²) < 4.78 is 41.1. The van der Waals surface area contributed by atoms with E-state index in [-0.39, 0.29) is 29.5 Å². The summed E-state index contributed by atoms with van der Waals surface area (Å²) in [4.78, 5) is 26.6. The molecule has 2 aromatic rings. The zero-order chi connectivity index (χ0) is 19.6. The Balaban J connectivity index is 0.00000280. The van der Waals surface area contributed by atoms with Crippen molar-refractivity contribution in [3.8, 4) is 5.69 Å². The lowest BCUT2D eigenvalue weighted by atomic mass is 10.1. The van der Waals surface area contributed by atoms with E-state index in [9.17, 15) is 22.8 Å². The molecule has 152 valence electrons. The molecule has 0 bridgehead atoms. The molecule has 0 spiro atoms. The van der Waals surface area contributed by atoms with Crippen LogP contribution in [0, 0.1) is 6.92 Å². The molecule has 2 heterocycles. The lowest BCUT2D eigenvalue weighted by molar-refractivity contribution is -0.137. The summed E-state index contributed by atoms with van der Waals surface area (Å²) in [5, 5.41) is 7.16. The third kappa shape index (κ3) is 4.53. The van der Waals surface area contributed by atoms with Crippen LogP contribution in [0.4, 0.5) is 13.2 Å². The van der Waals surface area contributed by atoms with Crippen molar-refractivity contribution in [1.29, 1.82) is 0 Å². The van der Waals surface area contributed by atoms with Gasteiger partial charge in [-0.2, -0.15) is 18.3 Å². The lowest BCUT2D eigenvalue weighted by Gasteiger charge is -2.21. The first-order valence-corrected chi connectivity index (χ1v) is 8.56. The summed E-state index contributed by atoms with van der Waals surface area (Å²) in [6.45, 7) is 3.69. The van der Waals surface area contributed by atoms with Crippen molar-refractivity contribution in [2.45, 2.75) is 19.5 Å². The molecule has 1 aliphatic rings. The van der Waals surface area contributed by atoms with E-state index in [0.717, 1.165) is 29.8 Å². The van der Waals surface area contributed by atoms with Crippen molar-refractivity contribution in [2.75, 3.05) is 26.2 Å². The molecule has 0 atom stereocenters. The Hall–Kier alpha value is -2.39. The number of aryl methyl sites for hydroxylation is 1. The van der Waals surface area contributed by atoms with Gasteiger partial charge < -0.3 is 10.2 Å². The average molecular weight is 417 g/mol. The fourth-order valence-electron chi connectivity index (χ4n) is 3.04. The van der Waals surface area contributed by atoms with Crippen LogP contribution in [0.1, 0.15) is 28.2 Å². The molecule has 0 saturated carbocycles. The number of aromatic nitrogens is 2. The van der Waals surface area contributed by atoms with Gasteiger partial charge in [0.25, 0.3) is 5.91 Å². The monoisotopic (exact) mass is 416 g/mol. The van der Waals surface area contributed by atoms with Crippen LogP contribution in [0.25, 0.3) is 5.69 Å². The highest BCUT2D eigenvalue weighted by Gasteiger charge is 2.34. The van der Waals surface area contributed by atoms with Crippen LogP contribution >= 0.6 is 12.4 Å². The number of para-hydroxylation sites is 1. The Morgan fingerprint density at radius 2 is 1.89 bits per heavy atom. The third-order valence-electron chi connectivity index (χ3n) is 4.37.